The molecule has 2 rings (SSSR count). The van der Waals surface area contributed by atoms with Gasteiger partial charge in [0.15, 0.2) is 10.3 Å². The van der Waals surface area contributed by atoms with Gasteiger partial charge in [0.05, 0.1) is 10.6 Å². The van der Waals surface area contributed by atoms with Crippen LogP contribution in [0.2, 0.25) is 0 Å². The Labute approximate surface area is 167 Å². The van der Waals surface area contributed by atoms with Crippen molar-refractivity contribution in [2.45, 2.75) is 18.5 Å². The van der Waals surface area contributed by atoms with Crippen LogP contribution in [0.3, 0.4) is 0 Å². The van der Waals surface area contributed by atoms with Gasteiger partial charge < -0.3 is 10.3 Å². The molecule has 0 spiro atoms. The summed E-state index contributed by atoms with van der Waals surface area (Å²) in [6.45, 7) is 5.77. The van der Waals surface area contributed by atoms with Crippen molar-refractivity contribution < 1.29 is 4.79 Å². The van der Waals surface area contributed by atoms with Gasteiger partial charge in [-0.2, -0.15) is 11.8 Å². The monoisotopic (exact) mass is 407 g/mol. The van der Waals surface area contributed by atoms with Crippen LogP contribution >= 0.6 is 35.7 Å². The summed E-state index contributed by atoms with van der Waals surface area (Å²) < 4.78 is 0. The summed E-state index contributed by atoms with van der Waals surface area (Å²) in [6, 6.07) is 9.44. The summed E-state index contributed by atoms with van der Waals surface area (Å²) >= 11 is 8.10. The molecule has 2 aromatic rings. The van der Waals surface area contributed by atoms with Crippen molar-refractivity contribution in [2.75, 3.05) is 17.3 Å². The van der Waals surface area contributed by atoms with Crippen molar-refractivity contribution in [1.29, 1.82) is 0 Å². The van der Waals surface area contributed by atoms with Crippen molar-refractivity contribution in [3.8, 4) is 0 Å². The summed E-state index contributed by atoms with van der Waals surface area (Å²) in [4.78, 5) is 20.1. The number of carbonyl (C=O) groups is 1. The third-order valence-corrected chi connectivity index (χ3v) is 4.94. The number of aromatic nitrogens is 2. The van der Waals surface area contributed by atoms with Gasteiger partial charge in [0.1, 0.15) is 0 Å². The minimum atomic E-state index is -0.369. The number of thioether (sulfide) groups is 2. The first-order valence-corrected chi connectivity index (χ1v) is 10.4. The van der Waals surface area contributed by atoms with E-state index in [2.05, 4.69) is 39.0 Å². The van der Waals surface area contributed by atoms with Crippen LogP contribution in [0, 0.1) is 6.92 Å². The van der Waals surface area contributed by atoms with E-state index in [1.54, 1.807) is 11.8 Å². The van der Waals surface area contributed by atoms with E-state index in [9.17, 15) is 4.79 Å². The lowest BCUT2D eigenvalue weighted by atomic mass is 10.3. The summed E-state index contributed by atoms with van der Waals surface area (Å²) in [5.74, 6) is 0.638. The Morgan fingerprint density at radius 3 is 2.73 bits per heavy atom. The Balaban J connectivity index is 1.80. The maximum atomic E-state index is 12.1. The van der Waals surface area contributed by atoms with Gasteiger partial charge in [0.2, 0.25) is 0 Å². The number of anilines is 1. The molecule has 9 heteroatoms. The number of amides is 1. The number of aryl methyl sites for hydroxylation is 2. The Kier molecular flexibility index (Phi) is 8.02. The fourth-order valence-electron chi connectivity index (χ4n) is 1.99. The number of hydrazine groups is 1. The highest BCUT2D eigenvalue weighted by molar-refractivity contribution is 8.03. The topological polar surface area (TPSA) is 81.8 Å². The van der Waals surface area contributed by atoms with Crippen LogP contribution < -0.4 is 16.2 Å². The van der Waals surface area contributed by atoms with Crippen molar-refractivity contribution in [1.82, 2.24) is 20.8 Å². The molecule has 1 heterocycles. The lowest BCUT2D eigenvalue weighted by Gasteiger charge is -2.11. The van der Waals surface area contributed by atoms with E-state index >= 15 is 0 Å². The molecule has 1 aromatic heterocycles. The molecule has 4 N–H and O–H groups in total. The normalized spacial score (nSPS) is 10.2. The summed E-state index contributed by atoms with van der Waals surface area (Å²) in [6.07, 6.45) is 2.96. The molecular formula is C17H21N5OS3. The number of rotatable bonds is 7. The van der Waals surface area contributed by atoms with Crippen LogP contribution in [0.5, 0.6) is 0 Å². The third-order valence-electron chi connectivity index (χ3n) is 3.30. The number of H-pyrrole nitrogens is 1. The molecule has 0 aliphatic heterocycles. The molecule has 0 saturated carbocycles. The van der Waals surface area contributed by atoms with Crippen LogP contribution in [0.15, 0.2) is 47.0 Å². The Morgan fingerprint density at radius 2 is 2.04 bits per heavy atom. The van der Waals surface area contributed by atoms with Gasteiger partial charge in [0.25, 0.3) is 5.91 Å². The second-order valence-corrected chi connectivity index (χ2v) is 7.76. The standard InChI is InChI=1S/C17H21N5OS3/c1-11-14(9-10-25-3)20-17(18-11)26-12(2)15(23)21-22-16(24)19-13-7-5-4-6-8-13/h4-8H,2,9-10H2,1,3H3,(H,18,20)(H,21,23)(H2,19,22,24). The Bertz CT molecular complexity index is 776. The van der Waals surface area contributed by atoms with Crippen molar-refractivity contribution in [3.63, 3.8) is 0 Å². The second-order valence-electron chi connectivity index (χ2n) is 5.28. The number of nitrogens with zero attached hydrogens (tertiary/aromatic N) is 1. The zero-order valence-corrected chi connectivity index (χ0v) is 17.0. The molecule has 138 valence electrons. The van der Waals surface area contributed by atoms with E-state index < -0.39 is 0 Å². The number of para-hydroxylation sites is 1. The number of thiocarbonyl (C=S) groups is 1. The van der Waals surface area contributed by atoms with Gasteiger partial charge in [-0.05, 0) is 55.0 Å². The van der Waals surface area contributed by atoms with E-state index in [-0.39, 0.29) is 11.0 Å². The maximum absolute atomic E-state index is 12.1. The first kappa shape index (κ1) is 20.3. The molecule has 0 atom stereocenters. The highest BCUT2D eigenvalue weighted by Gasteiger charge is 2.13. The molecule has 0 unspecified atom stereocenters. The molecule has 6 nitrogen and oxygen atoms in total. The molecule has 1 aromatic carbocycles. The average Bonchev–Trinajstić information content (AvgIpc) is 2.97. The SMILES string of the molecule is C=C(Sc1nc(CCSC)c(C)[nH]1)C(=O)NNC(=S)Nc1ccccc1. The van der Waals surface area contributed by atoms with E-state index in [0.717, 1.165) is 29.2 Å². The fraction of sp³-hybridized carbons (Fsp3) is 0.235. The number of imidazole rings is 1. The first-order chi connectivity index (χ1) is 12.5. The zero-order chi connectivity index (χ0) is 18.9. The number of benzene rings is 1. The number of hydrogen-bond acceptors (Lipinski definition) is 5. The van der Waals surface area contributed by atoms with Crippen LogP contribution in [0.1, 0.15) is 11.4 Å². The van der Waals surface area contributed by atoms with Gasteiger partial charge in [-0.3, -0.25) is 15.6 Å². The largest absolute Gasteiger partial charge is 0.337 e. The lowest BCUT2D eigenvalue weighted by Crippen LogP contribution is -2.43. The van der Waals surface area contributed by atoms with Gasteiger partial charge in [-0.15, -0.1) is 0 Å². The van der Waals surface area contributed by atoms with Gasteiger partial charge >= 0.3 is 0 Å². The molecule has 0 radical (unpaired) electrons. The van der Waals surface area contributed by atoms with Gasteiger partial charge in [0, 0.05) is 17.8 Å². The fourth-order valence-corrected chi connectivity index (χ4v) is 3.29. The highest BCUT2D eigenvalue weighted by Crippen LogP contribution is 2.24. The van der Waals surface area contributed by atoms with E-state index in [1.165, 1.54) is 11.8 Å². The maximum Gasteiger partial charge on any atom is 0.275 e. The summed E-state index contributed by atoms with van der Waals surface area (Å²) in [5, 5.41) is 3.91. The van der Waals surface area contributed by atoms with Gasteiger partial charge in [-0.1, -0.05) is 24.8 Å². The van der Waals surface area contributed by atoms with Crippen LogP contribution in [0.25, 0.3) is 0 Å². The molecule has 0 saturated heterocycles. The zero-order valence-electron chi connectivity index (χ0n) is 14.6. The van der Waals surface area contributed by atoms with E-state index in [0.29, 0.717) is 10.1 Å². The minimum absolute atomic E-state index is 0.288. The average molecular weight is 408 g/mol. The molecule has 0 bridgehead atoms. The number of hydrogen-bond donors (Lipinski definition) is 4. The second kappa shape index (κ2) is 10.2. The van der Waals surface area contributed by atoms with Crippen molar-refractivity contribution in [3.05, 3.63) is 53.2 Å². The van der Waals surface area contributed by atoms with Crippen LogP contribution in [0.4, 0.5) is 5.69 Å². The van der Waals surface area contributed by atoms with E-state index in [1.807, 2.05) is 37.3 Å². The highest BCUT2D eigenvalue weighted by atomic mass is 32.2. The summed E-state index contributed by atoms with van der Waals surface area (Å²) in [7, 11) is 0. The smallest absolute Gasteiger partial charge is 0.275 e. The molecule has 26 heavy (non-hydrogen) atoms. The Morgan fingerprint density at radius 1 is 1.31 bits per heavy atom. The van der Waals surface area contributed by atoms with Gasteiger partial charge in [-0.25, -0.2) is 4.98 Å². The molecule has 1 amide bonds. The minimum Gasteiger partial charge on any atom is -0.337 e. The first-order valence-electron chi connectivity index (χ1n) is 7.83. The number of aromatic amines is 1. The number of carbonyl (C=O) groups excluding carboxylic acids is 1. The lowest BCUT2D eigenvalue weighted by molar-refractivity contribution is -0.117. The summed E-state index contributed by atoms with van der Waals surface area (Å²) in [5.41, 5.74) is 8.04. The number of nitrogens with one attached hydrogen (secondary N) is 4. The Hall–Kier alpha value is -1.97. The molecular weight excluding hydrogens is 386 g/mol. The molecule has 0 fully saturated rings. The predicted molar refractivity (Wildman–Crippen MR) is 114 cm³/mol. The molecule has 0 aliphatic rings. The van der Waals surface area contributed by atoms with Crippen LogP contribution in [-0.4, -0.2) is 33.0 Å². The van der Waals surface area contributed by atoms with Crippen LogP contribution in [-0.2, 0) is 11.2 Å². The van der Waals surface area contributed by atoms with E-state index in [4.69, 9.17) is 12.2 Å². The van der Waals surface area contributed by atoms with Crippen molar-refractivity contribution in [2.24, 2.45) is 0 Å². The third kappa shape index (κ3) is 6.40. The molecule has 0 aliphatic carbocycles. The van der Waals surface area contributed by atoms with Crippen molar-refractivity contribution >= 4 is 52.4 Å². The quantitative estimate of drug-likeness (QED) is 0.243. The predicted octanol–water partition coefficient (Wildman–Crippen LogP) is 3.25.